The third-order valence-corrected chi connectivity index (χ3v) is 2.27. The normalized spacial score (nSPS) is 11.4. The van der Waals surface area contributed by atoms with Crippen LogP contribution in [0.2, 0.25) is 0 Å². The first-order chi connectivity index (χ1) is 8.39. The van der Waals surface area contributed by atoms with Crippen LogP contribution in [0, 0.1) is 6.92 Å². The molecular weight excluding hydrogens is 249 g/mol. The summed E-state index contributed by atoms with van der Waals surface area (Å²) in [4.78, 5) is 8.76. The van der Waals surface area contributed by atoms with Crippen molar-refractivity contribution in [2.75, 3.05) is 31.6 Å². The number of hydrogen-bond donors (Lipinski definition) is 1. The molecule has 8 heteroatoms. The fourth-order valence-electron chi connectivity index (χ4n) is 1.58. The van der Waals surface area contributed by atoms with Crippen molar-refractivity contribution in [3.63, 3.8) is 0 Å². The van der Waals surface area contributed by atoms with Gasteiger partial charge in [0.15, 0.2) is 0 Å². The largest absolute Gasteiger partial charge is 0.481 e. The maximum absolute atomic E-state index is 12.5. The number of ether oxygens (including phenoxy) is 1. The van der Waals surface area contributed by atoms with E-state index in [4.69, 9.17) is 10.5 Å². The number of hydrogen-bond acceptors (Lipinski definition) is 5. The number of anilines is 1. The highest BCUT2D eigenvalue weighted by Crippen LogP contribution is 2.26. The third-order valence-electron chi connectivity index (χ3n) is 2.27. The van der Waals surface area contributed by atoms with Gasteiger partial charge < -0.3 is 15.4 Å². The summed E-state index contributed by atoms with van der Waals surface area (Å²) in [5, 5.41) is 0. The minimum Gasteiger partial charge on any atom is -0.481 e. The SMILES string of the molecule is COc1ncnc(N(CCN)CC(F)(F)F)c1C. The second-order valence-corrected chi connectivity index (χ2v) is 3.66. The van der Waals surface area contributed by atoms with Crippen molar-refractivity contribution >= 4 is 5.82 Å². The molecule has 0 radical (unpaired) electrons. The highest BCUT2D eigenvalue weighted by Gasteiger charge is 2.32. The number of nitrogens with zero attached hydrogens (tertiary/aromatic N) is 3. The Kier molecular flexibility index (Phi) is 4.71. The molecule has 5 nitrogen and oxygen atoms in total. The van der Waals surface area contributed by atoms with Gasteiger partial charge in [0.2, 0.25) is 5.88 Å². The lowest BCUT2D eigenvalue weighted by molar-refractivity contribution is -0.119. The van der Waals surface area contributed by atoms with Crippen molar-refractivity contribution < 1.29 is 17.9 Å². The first-order valence-electron chi connectivity index (χ1n) is 5.26. The summed E-state index contributed by atoms with van der Waals surface area (Å²) in [6, 6.07) is 0. The van der Waals surface area contributed by atoms with Crippen LogP contribution >= 0.6 is 0 Å². The molecule has 0 saturated carbocycles. The molecule has 0 saturated heterocycles. The van der Waals surface area contributed by atoms with E-state index in [1.807, 2.05) is 0 Å². The van der Waals surface area contributed by atoms with Gasteiger partial charge in [-0.3, -0.25) is 0 Å². The quantitative estimate of drug-likeness (QED) is 0.863. The van der Waals surface area contributed by atoms with Crippen LogP contribution in [-0.2, 0) is 0 Å². The molecule has 0 aromatic carbocycles. The van der Waals surface area contributed by atoms with E-state index < -0.39 is 12.7 Å². The second-order valence-electron chi connectivity index (χ2n) is 3.66. The molecule has 0 bridgehead atoms. The van der Waals surface area contributed by atoms with E-state index in [9.17, 15) is 13.2 Å². The molecule has 0 aliphatic heterocycles. The van der Waals surface area contributed by atoms with Crippen LogP contribution in [0.3, 0.4) is 0 Å². The van der Waals surface area contributed by atoms with E-state index in [0.717, 1.165) is 4.90 Å². The minimum absolute atomic E-state index is 0.0561. The molecule has 0 aliphatic rings. The van der Waals surface area contributed by atoms with Gasteiger partial charge in [-0.05, 0) is 6.92 Å². The van der Waals surface area contributed by atoms with Crippen molar-refractivity contribution in [2.24, 2.45) is 5.73 Å². The van der Waals surface area contributed by atoms with Gasteiger partial charge in [0.25, 0.3) is 0 Å². The van der Waals surface area contributed by atoms with Crippen LogP contribution in [-0.4, -0.2) is 42.9 Å². The smallest absolute Gasteiger partial charge is 0.405 e. The molecule has 0 atom stereocenters. The standard InChI is InChI=1S/C10H15F3N4O/c1-7-8(15-6-16-9(7)18-2)17(4-3-14)5-10(11,12)13/h6H,3-5,14H2,1-2H3. The van der Waals surface area contributed by atoms with E-state index in [1.54, 1.807) is 6.92 Å². The summed E-state index contributed by atoms with van der Waals surface area (Å²) in [5.74, 6) is 0.439. The Hall–Kier alpha value is -1.57. The zero-order valence-electron chi connectivity index (χ0n) is 10.2. The highest BCUT2D eigenvalue weighted by atomic mass is 19.4. The monoisotopic (exact) mass is 264 g/mol. The predicted octanol–water partition coefficient (Wildman–Crippen LogP) is 1.12. The summed E-state index contributed by atoms with van der Waals surface area (Å²) in [6.07, 6.45) is -3.15. The summed E-state index contributed by atoms with van der Waals surface area (Å²) in [7, 11) is 1.40. The Labute approximate surface area is 103 Å². The molecular formula is C10H15F3N4O. The van der Waals surface area contributed by atoms with E-state index in [0.29, 0.717) is 5.56 Å². The number of methoxy groups -OCH3 is 1. The summed E-state index contributed by atoms with van der Waals surface area (Å²) in [5.41, 5.74) is 5.78. The maximum Gasteiger partial charge on any atom is 0.405 e. The van der Waals surface area contributed by atoms with Gasteiger partial charge in [0.1, 0.15) is 18.7 Å². The third kappa shape index (κ3) is 3.73. The predicted molar refractivity (Wildman–Crippen MR) is 60.6 cm³/mol. The molecule has 1 rings (SSSR count). The average molecular weight is 264 g/mol. The Morgan fingerprint density at radius 2 is 2.06 bits per heavy atom. The van der Waals surface area contributed by atoms with Crippen LogP contribution < -0.4 is 15.4 Å². The maximum atomic E-state index is 12.5. The van der Waals surface area contributed by atoms with E-state index >= 15 is 0 Å². The van der Waals surface area contributed by atoms with Crippen molar-refractivity contribution in [1.82, 2.24) is 9.97 Å². The topological polar surface area (TPSA) is 64.3 Å². The van der Waals surface area contributed by atoms with Crippen LogP contribution in [0.5, 0.6) is 5.88 Å². The lowest BCUT2D eigenvalue weighted by Gasteiger charge is -2.25. The lowest BCUT2D eigenvalue weighted by atomic mass is 10.3. The molecule has 0 fully saturated rings. The molecule has 0 amide bonds. The Balaban J connectivity index is 3.05. The van der Waals surface area contributed by atoms with E-state index in [-0.39, 0.29) is 24.8 Å². The van der Waals surface area contributed by atoms with E-state index in [1.165, 1.54) is 13.4 Å². The van der Waals surface area contributed by atoms with Crippen LogP contribution in [0.4, 0.5) is 19.0 Å². The fraction of sp³-hybridized carbons (Fsp3) is 0.600. The molecule has 102 valence electrons. The summed E-state index contributed by atoms with van der Waals surface area (Å²) >= 11 is 0. The zero-order valence-corrected chi connectivity index (χ0v) is 10.2. The average Bonchev–Trinajstić information content (AvgIpc) is 2.27. The highest BCUT2D eigenvalue weighted by molar-refractivity contribution is 5.50. The number of nitrogens with two attached hydrogens (primary N) is 1. The molecule has 1 heterocycles. The van der Waals surface area contributed by atoms with Crippen LogP contribution in [0.1, 0.15) is 5.56 Å². The number of rotatable bonds is 5. The van der Waals surface area contributed by atoms with Gasteiger partial charge in [-0.15, -0.1) is 0 Å². The van der Waals surface area contributed by atoms with Crippen molar-refractivity contribution in [3.05, 3.63) is 11.9 Å². The van der Waals surface area contributed by atoms with Gasteiger partial charge >= 0.3 is 6.18 Å². The minimum atomic E-state index is -4.32. The van der Waals surface area contributed by atoms with Gasteiger partial charge in [-0.25, -0.2) is 9.97 Å². The van der Waals surface area contributed by atoms with Crippen molar-refractivity contribution in [2.45, 2.75) is 13.1 Å². The second kappa shape index (κ2) is 5.85. The molecule has 2 N–H and O–H groups in total. The number of halogens is 3. The van der Waals surface area contributed by atoms with Crippen LogP contribution in [0.25, 0.3) is 0 Å². The molecule has 0 unspecified atom stereocenters. The summed E-state index contributed by atoms with van der Waals surface area (Å²) < 4.78 is 42.4. The first-order valence-corrected chi connectivity index (χ1v) is 5.26. The molecule has 1 aromatic heterocycles. The Morgan fingerprint density at radius 1 is 1.39 bits per heavy atom. The Bertz CT molecular complexity index is 397. The zero-order chi connectivity index (χ0) is 13.8. The van der Waals surface area contributed by atoms with Gasteiger partial charge in [-0.1, -0.05) is 0 Å². The van der Waals surface area contributed by atoms with Gasteiger partial charge in [0.05, 0.1) is 12.7 Å². The number of aromatic nitrogens is 2. The van der Waals surface area contributed by atoms with Gasteiger partial charge in [0, 0.05) is 13.1 Å². The first kappa shape index (κ1) is 14.5. The fourth-order valence-corrected chi connectivity index (χ4v) is 1.58. The molecule has 18 heavy (non-hydrogen) atoms. The molecule has 0 aliphatic carbocycles. The van der Waals surface area contributed by atoms with Crippen molar-refractivity contribution in [1.29, 1.82) is 0 Å². The van der Waals surface area contributed by atoms with Crippen LogP contribution in [0.15, 0.2) is 6.33 Å². The lowest BCUT2D eigenvalue weighted by Crippen LogP contribution is -2.38. The number of alkyl halides is 3. The Morgan fingerprint density at radius 3 is 2.56 bits per heavy atom. The van der Waals surface area contributed by atoms with Crippen molar-refractivity contribution in [3.8, 4) is 5.88 Å². The van der Waals surface area contributed by atoms with Gasteiger partial charge in [-0.2, -0.15) is 13.2 Å². The molecule has 0 spiro atoms. The van der Waals surface area contributed by atoms with E-state index in [2.05, 4.69) is 9.97 Å². The molecule has 1 aromatic rings. The summed E-state index contributed by atoms with van der Waals surface area (Å²) in [6.45, 7) is 0.654.